The second-order valence-electron chi connectivity index (χ2n) is 6.77. The summed E-state index contributed by atoms with van der Waals surface area (Å²) in [5.41, 5.74) is 4.93. The Labute approximate surface area is 164 Å². The predicted molar refractivity (Wildman–Crippen MR) is 110 cm³/mol. The minimum Gasteiger partial charge on any atom is -0.326 e. The maximum atomic E-state index is 12.4. The summed E-state index contributed by atoms with van der Waals surface area (Å²) in [6.45, 7) is 6.59. The fraction of sp³-hybridized carbons (Fsp3) is 0.381. The zero-order chi connectivity index (χ0) is 19.4. The van der Waals surface area contributed by atoms with Crippen LogP contribution in [-0.2, 0) is 16.0 Å². The van der Waals surface area contributed by atoms with Gasteiger partial charge in [-0.25, -0.2) is 4.98 Å². The fourth-order valence-corrected chi connectivity index (χ4v) is 4.32. The van der Waals surface area contributed by atoms with Gasteiger partial charge in [-0.05, 0) is 56.0 Å². The van der Waals surface area contributed by atoms with E-state index in [4.69, 9.17) is 0 Å². The molecule has 0 fully saturated rings. The number of carbonyl (C=O) groups is 2. The second-order valence-corrected chi connectivity index (χ2v) is 7.74. The van der Waals surface area contributed by atoms with Crippen molar-refractivity contribution in [2.75, 3.05) is 22.5 Å². The number of thioether (sulfide) groups is 1. The molecular formula is C21H25N3O2S. The van der Waals surface area contributed by atoms with E-state index in [-0.39, 0.29) is 11.8 Å². The molecule has 0 saturated heterocycles. The Morgan fingerprint density at radius 1 is 1.30 bits per heavy atom. The lowest BCUT2D eigenvalue weighted by molar-refractivity contribution is -0.117. The monoisotopic (exact) mass is 383 g/mol. The third-order valence-corrected chi connectivity index (χ3v) is 5.54. The molecule has 5 nitrogen and oxygen atoms in total. The maximum absolute atomic E-state index is 12.4. The maximum Gasteiger partial charge on any atom is 0.237 e. The molecule has 1 aromatic carbocycles. The largest absolute Gasteiger partial charge is 0.326 e. The van der Waals surface area contributed by atoms with Gasteiger partial charge >= 0.3 is 0 Å². The van der Waals surface area contributed by atoms with E-state index in [2.05, 4.69) is 17.2 Å². The van der Waals surface area contributed by atoms with E-state index in [0.29, 0.717) is 25.1 Å². The first kappa shape index (κ1) is 19.4. The zero-order valence-corrected chi connectivity index (χ0v) is 16.9. The van der Waals surface area contributed by atoms with Crippen LogP contribution in [0, 0.1) is 13.8 Å². The van der Waals surface area contributed by atoms with Crippen molar-refractivity contribution >= 4 is 35.0 Å². The molecule has 0 radical (unpaired) electrons. The number of nitrogens with one attached hydrogen (secondary N) is 1. The Kier molecular flexibility index (Phi) is 6.16. The number of carbonyl (C=O) groups excluding carboxylic acids is 2. The summed E-state index contributed by atoms with van der Waals surface area (Å²) in [5, 5.41) is 3.85. The number of benzene rings is 1. The van der Waals surface area contributed by atoms with Crippen molar-refractivity contribution in [3.63, 3.8) is 0 Å². The van der Waals surface area contributed by atoms with Gasteiger partial charge in [0.15, 0.2) is 0 Å². The fourth-order valence-electron chi connectivity index (χ4n) is 3.28. The summed E-state index contributed by atoms with van der Waals surface area (Å²) in [7, 11) is 0. The zero-order valence-electron chi connectivity index (χ0n) is 16.0. The van der Waals surface area contributed by atoms with Crippen LogP contribution in [0.15, 0.2) is 35.4 Å². The van der Waals surface area contributed by atoms with E-state index in [1.54, 1.807) is 4.90 Å². The quantitative estimate of drug-likeness (QED) is 0.815. The van der Waals surface area contributed by atoms with Gasteiger partial charge in [-0.2, -0.15) is 0 Å². The number of rotatable bonds is 6. The highest BCUT2D eigenvalue weighted by atomic mass is 32.2. The van der Waals surface area contributed by atoms with Gasteiger partial charge in [0.25, 0.3) is 0 Å². The SMILES string of the molecule is CCc1cccc(NC(=O)CCCN2C(=O)CSc3nc(C)cc(C)c32)c1. The van der Waals surface area contributed by atoms with Crippen molar-refractivity contribution in [1.29, 1.82) is 0 Å². The Morgan fingerprint density at radius 3 is 2.89 bits per heavy atom. The van der Waals surface area contributed by atoms with Gasteiger partial charge in [0.2, 0.25) is 11.8 Å². The van der Waals surface area contributed by atoms with E-state index in [1.165, 1.54) is 17.3 Å². The number of aromatic nitrogens is 1. The second kappa shape index (κ2) is 8.57. The van der Waals surface area contributed by atoms with Crippen LogP contribution < -0.4 is 10.2 Å². The smallest absolute Gasteiger partial charge is 0.237 e. The van der Waals surface area contributed by atoms with Crippen LogP contribution in [0.3, 0.4) is 0 Å². The standard InChI is InChI=1S/C21H25N3O2S/c1-4-16-7-5-8-17(12-16)23-18(25)9-6-10-24-19(26)13-27-21-20(24)14(2)11-15(3)22-21/h5,7-8,11-12H,4,6,9-10,13H2,1-3H3,(H,23,25). The Bertz CT molecular complexity index is 867. The van der Waals surface area contributed by atoms with Crippen LogP contribution in [-0.4, -0.2) is 29.1 Å². The average Bonchev–Trinajstić information content (AvgIpc) is 2.63. The number of anilines is 2. The summed E-state index contributed by atoms with van der Waals surface area (Å²) < 4.78 is 0. The number of amides is 2. The van der Waals surface area contributed by atoms with Crippen LogP contribution >= 0.6 is 11.8 Å². The van der Waals surface area contributed by atoms with E-state index in [1.807, 2.05) is 44.2 Å². The molecule has 1 aromatic heterocycles. The molecule has 27 heavy (non-hydrogen) atoms. The highest BCUT2D eigenvalue weighted by Gasteiger charge is 2.27. The number of aryl methyl sites for hydroxylation is 3. The van der Waals surface area contributed by atoms with Crippen molar-refractivity contribution in [3.8, 4) is 0 Å². The Morgan fingerprint density at radius 2 is 2.11 bits per heavy atom. The molecule has 0 bridgehead atoms. The lowest BCUT2D eigenvalue weighted by Crippen LogP contribution is -2.37. The average molecular weight is 384 g/mol. The normalized spacial score (nSPS) is 13.4. The molecule has 1 aliphatic rings. The molecule has 0 aliphatic carbocycles. The molecule has 3 rings (SSSR count). The molecule has 2 amide bonds. The number of hydrogen-bond acceptors (Lipinski definition) is 4. The van der Waals surface area contributed by atoms with Gasteiger partial charge in [0.05, 0.1) is 11.4 Å². The highest BCUT2D eigenvalue weighted by Crippen LogP contribution is 2.36. The third-order valence-electron chi connectivity index (χ3n) is 4.59. The molecule has 1 aliphatic heterocycles. The van der Waals surface area contributed by atoms with E-state index in [0.717, 1.165) is 34.1 Å². The lowest BCUT2D eigenvalue weighted by Gasteiger charge is -2.30. The molecule has 142 valence electrons. The summed E-state index contributed by atoms with van der Waals surface area (Å²) in [6.07, 6.45) is 1.93. The van der Waals surface area contributed by atoms with Crippen molar-refractivity contribution in [1.82, 2.24) is 4.98 Å². The van der Waals surface area contributed by atoms with Crippen LogP contribution in [0.25, 0.3) is 0 Å². The van der Waals surface area contributed by atoms with Gasteiger partial charge in [-0.15, -0.1) is 0 Å². The summed E-state index contributed by atoms with van der Waals surface area (Å²) >= 11 is 1.49. The molecule has 0 atom stereocenters. The van der Waals surface area contributed by atoms with Crippen LogP contribution in [0.2, 0.25) is 0 Å². The van der Waals surface area contributed by atoms with Gasteiger partial charge in [0.1, 0.15) is 5.03 Å². The number of fused-ring (bicyclic) bond motifs is 1. The van der Waals surface area contributed by atoms with Crippen molar-refractivity contribution in [3.05, 3.63) is 47.2 Å². The number of hydrogen-bond donors (Lipinski definition) is 1. The van der Waals surface area contributed by atoms with Gasteiger partial charge in [0, 0.05) is 24.3 Å². The van der Waals surface area contributed by atoms with E-state index in [9.17, 15) is 9.59 Å². The topological polar surface area (TPSA) is 62.3 Å². The first-order valence-corrected chi connectivity index (χ1v) is 10.3. The van der Waals surface area contributed by atoms with Crippen LogP contribution in [0.4, 0.5) is 11.4 Å². The number of pyridine rings is 1. The van der Waals surface area contributed by atoms with Crippen molar-refractivity contribution in [2.45, 2.75) is 45.1 Å². The van der Waals surface area contributed by atoms with Crippen LogP contribution in [0.5, 0.6) is 0 Å². The molecule has 2 heterocycles. The third kappa shape index (κ3) is 4.69. The van der Waals surface area contributed by atoms with E-state index < -0.39 is 0 Å². The minimum atomic E-state index is -0.0268. The Hall–Kier alpha value is -2.34. The predicted octanol–water partition coefficient (Wildman–Crippen LogP) is 4.12. The summed E-state index contributed by atoms with van der Waals surface area (Å²) in [6, 6.07) is 9.89. The molecule has 0 unspecified atom stereocenters. The summed E-state index contributed by atoms with van der Waals surface area (Å²) in [4.78, 5) is 31.0. The first-order valence-electron chi connectivity index (χ1n) is 9.28. The van der Waals surface area contributed by atoms with Gasteiger partial charge < -0.3 is 10.2 Å². The van der Waals surface area contributed by atoms with Crippen LogP contribution in [0.1, 0.15) is 36.6 Å². The molecule has 6 heteroatoms. The minimum absolute atomic E-state index is 0.0268. The summed E-state index contributed by atoms with van der Waals surface area (Å²) in [5.74, 6) is 0.456. The molecule has 0 saturated carbocycles. The molecule has 1 N–H and O–H groups in total. The highest BCUT2D eigenvalue weighted by molar-refractivity contribution is 8.00. The van der Waals surface area contributed by atoms with E-state index >= 15 is 0 Å². The number of nitrogens with zero attached hydrogens (tertiary/aromatic N) is 2. The first-order chi connectivity index (χ1) is 13.0. The van der Waals surface area contributed by atoms with Crippen molar-refractivity contribution in [2.24, 2.45) is 0 Å². The van der Waals surface area contributed by atoms with Gasteiger partial charge in [-0.1, -0.05) is 30.8 Å². The van der Waals surface area contributed by atoms with Gasteiger partial charge in [-0.3, -0.25) is 9.59 Å². The Balaban J connectivity index is 1.60. The molecular weight excluding hydrogens is 358 g/mol. The molecule has 2 aromatic rings. The lowest BCUT2D eigenvalue weighted by atomic mass is 10.1. The molecule has 0 spiro atoms. The van der Waals surface area contributed by atoms with Crippen molar-refractivity contribution < 1.29 is 9.59 Å².